The molecule has 10 nitrogen and oxygen atoms in total. The van der Waals surface area contributed by atoms with Crippen molar-refractivity contribution in [2.75, 3.05) is 11.5 Å². The molecule has 0 aliphatic rings. The molecule has 0 bridgehead atoms. The second kappa shape index (κ2) is 11.3. The quantitative estimate of drug-likeness (QED) is 0.352. The zero-order valence-electron chi connectivity index (χ0n) is 22.2. The molecule has 0 fully saturated rings. The maximum atomic E-state index is 14.0. The van der Waals surface area contributed by atoms with Crippen LogP contribution in [0.4, 0.5) is 5.69 Å². The molecule has 0 saturated heterocycles. The number of aryl methyl sites for hydroxylation is 1. The molecule has 38 heavy (non-hydrogen) atoms. The number of tetrazole rings is 1. The summed E-state index contributed by atoms with van der Waals surface area (Å²) in [4.78, 5) is 30.2. The Hall–Kier alpha value is -4.47. The first-order chi connectivity index (χ1) is 18.2. The number of furan rings is 1. The number of amides is 2. The first-order valence-electron chi connectivity index (χ1n) is 12.4. The summed E-state index contributed by atoms with van der Waals surface area (Å²) >= 11 is 0. The van der Waals surface area contributed by atoms with Crippen molar-refractivity contribution in [2.45, 2.75) is 52.7 Å². The lowest BCUT2D eigenvalue weighted by Gasteiger charge is -2.33. The molecule has 0 aliphatic carbocycles. The zero-order chi connectivity index (χ0) is 27.3. The SMILES string of the molecule is CCOc1ccccc1N(C(=O)Cn1nnc(-c2ccc(C)cc2)n1)C(C(=O)NC(C)(C)C)c1ccco1. The Morgan fingerprint density at radius 1 is 1.08 bits per heavy atom. The topological polar surface area (TPSA) is 115 Å². The average molecular weight is 517 g/mol. The van der Waals surface area contributed by atoms with Crippen molar-refractivity contribution in [2.24, 2.45) is 0 Å². The van der Waals surface area contributed by atoms with E-state index >= 15 is 0 Å². The van der Waals surface area contributed by atoms with Crippen LogP contribution in [0.25, 0.3) is 11.4 Å². The highest BCUT2D eigenvalue weighted by atomic mass is 16.5. The van der Waals surface area contributed by atoms with Crippen molar-refractivity contribution in [1.29, 1.82) is 0 Å². The number of nitrogens with one attached hydrogen (secondary N) is 1. The van der Waals surface area contributed by atoms with E-state index in [0.717, 1.165) is 11.1 Å². The summed E-state index contributed by atoms with van der Waals surface area (Å²) in [5.74, 6) is 0.301. The van der Waals surface area contributed by atoms with Gasteiger partial charge in [0.15, 0.2) is 6.04 Å². The van der Waals surface area contributed by atoms with Crippen molar-refractivity contribution >= 4 is 17.5 Å². The fourth-order valence-electron chi connectivity index (χ4n) is 3.94. The largest absolute Gasteiger partial charge is 0.492 e. The van der Waals surface area contributed by atoms with Crippen molar-refractivity contribution in [3.63, 3.8) is 0 Å². The molecule has 1 N–H and O–H groups in total. The van der Waals surface area contributed by atoms with Crippen LogP contribution in [0.5, 0.6) is 5.75 Å². The minimum absolute atomic E-state index is 0.265. The number of hydrogen-bond acceptors (Lipinski definition) is 7. The van der Waals surface area contributed by atoms with E-state index in [1.54, 1.807) is 36.4 Å². The number of para-hydroxylation sites is 2. The van der Waals surface area contributed by atoms with Crippen LogP contribution in [0.15, 0.2) is 71.3 Å². The van der Waals surface area contributed by atoms with Gasteiger partial charge in [-0.3, -0.25) is 14.5 Å². The van der Waals surface area contributed by atoms with Gasteiger partial charge in [-0.05, 0) is 64.1 Å². The fourth-order valence-corrected chi connectivity index (χ4v) is 3.94. The number of aromatic nitrogens is 4. The van der Waals surface area contributed by atoms with E-state index in [9.17, 15) is 9.59 Å². The molecule has 1 atom stereocenters. The second-order valence-electron chi connectivity index (χ2n) is 9.83. The molecule has 0 saturated carbocycles. The molecule has 0 aliphatic heterocycles. The molecule has 2 heterocycles. The molecule has 2 aromatic carbocycles. The second-order valence-corrected chi connectivity index (χ2v) is 9.83. The predicted octanol–water partition coefficient (Wildman–Crippen LogP) is 4.33. The molecule has 198 valence electrons. The minimum atomic E-state index is -1.11. The highest BCUT2D eigenvalue weighted by molar-refractivity contribution is 6.02. The van der Waals surface area contributed by atoms with Crippen LogP contribution in [-0.4, -0.2) is 44.2 Å². The normalized spacial score (nSPS) is 12.1. The lowest BCUT2D eigenvalue weighted by molar-refractivity contribution is -0.128. The predicted molar refractivity (Wildman–Crippen MR) is 142 cm³/mol. The number of benzene rings is 2. The maximum Gasteiger partial charge on any atom is 0.251 e. The molecule has 0 radical (unpaired) electrons. The van der Waals surface area contributed by atoms with Gasteiger partial charge in [0.05, 0.1) is 18.6 Å². The number of carbonyl (C=O) groups excluding carboxylic acids is 2. The van der Waals surface area contributed by atoms with Crippen molar-refractivity contribution < 1.29 is 18.7 Å². The van der Waals surface area contributed by atoms with Crippen molar-refractivity contribution in [1.82, 2.24) is 25.5 Å². The molecule has 4 aromatic rings. The summed E-state index contributed by atoms with van der Waals surface area (Å²) in [7, 11) is 0. The third-order valence-electron chi connectivity index (χ3n) is 5.55. The van der Waals surface area contributed by atoms with E-state index in [0.29, 0.717) is 29.6 Å². The van der Waals surface area contributed by atoms with Crippen molar-refractivity contribution in [3.05, 3.63) is 78.3 Å². The Labute approximate surface area is 221 Å². The highest BCUT2D eigenvalue weighted by Gasteiger charge is 2.38. The first-order valence-corrected chi connectivity index (χ1v) is 12.4. The van der Waals surface area contributed by atoms with Crippen molar-refractivity contribution in [3.8, 4) is 17.1 Å². The van der Waals surface area contributed by atoms with Crippen LogP contribution in [0.1, 0.15) is 45.1 Å². The third kappa shape index (κ3) is 6.26. The van der Waals surface area contributed by atoms with Gasteiger partial charge < -0.3 is 14.5 Å². The van der Waals surface area contributed by atoms with Crippen LogP contribution in [0, 0.1) is 6.92 Å². The number of carbonyl (C=O) groups is 2. The van der Waals surface area contributed by atoms with Crippen LogP contribution >= 0.6 is 0 Å². The summed E-state index contributed by atoms with van der Waals surface area (Å²) in [6.45, 7) is 9.57. The zero-order valence-corrected chi connectivity index (χ0v) is 22.2. The summed E-state index contributed by atoms with van der Waals surface area (Å²) in [6.07, 6.45) is 1.47. The standard InChI is InChI=1S/C28H32N6O4/c1-6-37-22-11-8-7-10-21(22)34(25(23-12-9-17-38-23)27(36)29-28(3,4)5)24(35)18-33-31-26(30-32-33)20-15-13-19(2)14-16-20/h7-17,25H,6,18H2,1-5H3,(H,29,36). The van der Waals surface area contributed by atoms with Gasteiger partial charge in [0, 0.05) is 11.1 Å². The lowest BCUT2D eigenvalue weighted by atomic mass is 10.1. The van der Waals surface area contributed by atoms with E-state index in [2.05, 4.69) is 20.7 Å². The molecule has 4 rings (SSSR count). The fraction of sp³-hybridized carbons (Fsp3) is 0.321. The summed E-state index contributed by atoms with van der Waals surface area (Å²) < 4.78 is 11.5. The van der Waals surface area contributed by atoms with Gasteiger partial charge >= 0.3 is 0 Å². The molecule has 2 aromatic heterocycles. The molecule has 1 unspecified atom stereocenters. The van der Waals surface area contributed by atoms with Gasteiger partial charge in [0.1, 0.15) is 18.1 Å². The smallest absolute Gasteiger partial charge is 0.251 e. The lowest BCUT2D eigenvalue weighted by Crippen LogP contribution is -2.50. The van der Waals surface area contributed by atoms with Crippen LogP contribution in [-0.2, 0) is 16.1 Å². The maximum absolute atomic E-state index is 14.0. The van der Waals surface area contributed by atoms with Gasteiger partial charge in [-0.15, -0.1) is 10.2 Å². The van der Waals surface area contributed by atoms with E-state index in [1.807, 2.05) is 58.9 Å². The number of hydrogen-bond donors (Lipinski definition) is 1. The van der Waals surface area contributed by atoms with Gasteiger partial charge in [0.25, 0.3) is 11.8 Å². The highest BCUT2D eigenvalue weighted by Crippen LogP contribution is 2.35. The summed E-state index contributed by atoms with van der Waals surface area (Å²) in [6, 6.07) is 17.0. The Morgan fingerprint density at radius 2 is 1.82 bits per heavy atom. The average Bonchev–Trinajstić information content (AvgIpc) is 3.55. The first kappa shape index (κ1) is 26.6. The van der Waals surface area contributed by atoms with Gasteiger partial charge in [-0.2, -0.15) is 4.80 Å². The molecule has 10 heteroatoms. The Balaban J connectivity index is 1.74. The van der Waals surface area contributed by atoms with E-state index in [-0.39, 0.29) is 6.54 Å². The monoisotopic (exact) mass is 516 g/mol. The van der Waals surface area contributed by atoms with E-state index < -0.39 is 23.4 Å². The van der Waals surface area contributed by atoms with E-state index in [1.165, 1.54) is 16.0 Å². The van der Waals surface area contributed by atoms with Gasteiger partial charge in [0.2, 0.25) is 5.82 Å². The van der Waals surface area contributed by atoms with Crippen LogP contribution in [0.3, 0.4) is 0 Å². The number of anilines is 1. The number of nitrogens with zero attached hydrogens (tertiary/aromatic N) is 5. The third-order valence-corrected chi connectivity index (χ3v) is 5.55. The summed E-state index contributed by atoms with van der Waals surface area (Å²) in [5, 5.41) is 15.6. The Kier molecular flexibility index (Phi) is 7.90. The molecule has 2 amide bonds. The molecular formula is C28H32N6O4. The number of ether oxygens (including phenoxy) is 1. The van der Waals surface area contributed by atoms with E-state index in [4.69, 9.17) is 9.15 Å². The Bertz CT molecular complexity index is 1370. The molecular weight excluding hydrogens is 484 g/mol. The minimum Gasteiger partial charge on any atom is -0.492 e. The van der Waals surface area contributed by atoms with Gasteiger partial charge in [-0.1, -0.05) is 42.0 Å². The number of rotatable bonds is 9. The Morgan fingerprint density at radius 3 is 2.47 bits per heavy atom. The van der Waals surface area contributed by atoms with Crippen LogP contribution < -0.4 is 15.0 Å². The molecule has 0 spiro atoms. The van der Waals surface area contributed by atoms with Gasteiger partial charge in [-0.25, -0.2) is 0 Å². The summed E-state index contributed by atoms with van der Waals surface area (Å²) in [5.41, 5.74) is 1.76. The van der Waals surface area contributed by atoms with Crippen LogP contribution in [0.2, 0.25) is 0 Å².